The number of carbonyl (C=O) groups is 2. The maximum atomic E-state index is 12.0. The third-order valence-electron chi connectivity index (χ3n) is 3.60. The molecule has 3 rings (SSSR count). The number of benzene rings is 2. The minimum atomic E-state index is -0.551. The quantitative estimate of drug-likeness (QED) is 0.511. The molecule has 0 saturated carbocycles. The molecule has 3 aromatic rings. The summed E-state index contributed by atoms with van der Waals surface area (Å²) in [6.07, 6.45) is 2.99. The standard InChI is InChI=1S/C20H16N4O4/c1-27-18-6-2-4-14(12-18)20(26)28-24-17-9-7-16(8-10-17)22-23-19(25)15-5-3-11-21-13-15/h2-13,24H,1H3. The monoisotopic (exact) mass is 376 g/mol. The molecule has 0 unspecified atom stereocenters. The molecule has 140 valence electrons. The molecule has 8 heteroatoms. The Balaban J connectivity index is 1.56. The Hall–Kier alpha value is -4.07. The minimum absolute atomic E-state index is 0.353. The van der Waals surface area contributed by atoms with Crippen LogP contribution in [0.1, 0.15) is 20.7 Å². The van der Waals surface area contributed by atoms with Crippen LogP contribution in [-0.4, -0.2) is 24.0 Å². The van der Waals surface area contributed by atoms with Crippen LogP contribution in [-0.2, 0) is 4.84 Å². The predicted molar refractivity (Wildman–Crippen MR) is 102 cm³/mol. The Morgan fingerprint density at radius 2 is 1.79 bits per heavy atom. The zero-order chi connectivity index (χ0) is 19.8. The molecule has 8 nitrogen and oxygen atoms in total. The lowest BCUT2D eigenvalue weighted by atomic mass is 10.2. The highest BCUT2D eigenvalue weighted by Gasteiger charge is 2.09. The highest BCUT2D eigenvalue weighted by molar-refractivity contribution is 5.94. The summed E-state index contributed by atoms with van der Waals surface area (Å²) < 4.78 is 5.07. The van der Waals surface area contributed by atoms with E-state index in [1.54, 1.807) is 66.9 Å². The highest BCUT2D eigenvalue weighted by Crippen LogP contribution is 2.18. The van der Waals surface area contributed by atoms with Crippen molar-refractivity contribution in [3.05, 3.63) is 84.2 Å². The summed E-state index contributed by atoms with van der Waals surface area (Å²) in [4.78, 5) is 32.8. The lowest BCUT2D eigenvalue weighted by Gasteiger charge is -2.07. The molecule has 0 fully saturated rings. The normalized spacial score (nSPS) is 10.5. The molecule has 0 bridgehead atoms. The fourth-order valence-electron chi connectivity index (χ4n) is 2.16. The molecular formula is C20H16N4O4. The van der Waals surface area contributed by atoms with Gasteiger partial charge in [-0.2, -0.15) is 0 Å². The van der Waals surface area contributed by atoms with Crippen LogP contribution < -0.4 is 10.2 Å². The number of hydrogen-bond acceptors (Lipinski definition) is 7. The summed E-state index contributed by atoms with van der Waals surface area (Å²) in [6, 6.07) is 16.4. The first-order chi connectivity index (χ1) is 13.7. The third kappa shape index (κ3) is 4.98. The SMILES string of the molecule is COc1cccc(C(=O)ONc2ccc(N=NC(=O)c3cccnc3)cc2)c1. The topological polar surface area (TPSA) is 102 Å². The van der Waals surface area contributed by atoms with Crippen molar-refractivity contribution in [1.29, 1.82) is 0 Å². The second-order valence-electron chi connectivity index (χ2n) is 5.52. The van der Waals surface area contributed by atoms with E-state index in [0.29, 0.717) is 28.3 Å². The molecular weight excluding hydrogens is 360 g/mol. The first kappa shape index (κ1) is 18.7. The van der Waals surface area contributed by atoms with E-state index < -0.39 is 11.9 Å². The number of amides is 1. The van der Waals surface area contributed by atoms with Crippen molar-refractivity contribution in [1.82, 2.24) is 4.98 Å². The van der Waals surface area contributed by atoms with Crippen molar-refractivity contribution in [2.45, 2.75) is 0 Å². The van der Waals surface area contributed by atoms with Crippen LogP contribution in [0, 0.1) is 0 Å². The zero-order valence-electron chi connectivity index (χ0n) is 14.9. The van der Waals surface area contributed by atoms with E-state index in [4.69, 9.17) is 9.57 Å². The van der Waals surface area contributed by atoms with E-state index >= 15 is 0 Å². The Kier molecular flexibility index (Phi) is 6.04. The van der Waals surface area contributed by atoms with Crippen molar-refractivity contribution in [2.24, 2.45) is 10.2 Å². The number of nitrogens with zero attached hydrogens (tertiary/aromatic N) is 3. The van der Waals surface area contributed by atoms with Crippen molar-refractivity contribution in [3.63, 3.8) is 0 Å². The van der Waals surface area contributed by atoms with Gasteiger partial charge >= 0.3 is 5.97 Å². The van der Waals surface area contributed by atoms with Gasteiger partial charge < -0.3 is 9.57 Å². The third-order valence-corrected chi connectivity index (χ3v) is 3.60. The van der Waals surface area contributed by atoms with Gasteiger partial charge in [-0.15, -0.1) is 10.2 Å². The van der Waals surface area contributed by atoms with Crippen LogP contribution in [0.4, 0.5) is 11.4 Å². The fourth-order valence-corrected chi connectivity index (χ4v) is 2.16. The van der Waals surface area contributed by atoms with Gasteiger partial charge in [-0.25, -0.2) is 10.3 Å². The molecule has 28 heavy (non-hydrogen) atoms. The summed E-state index contributed by atoms with van der Waals surface area (Å²) in [5.41, 5.74) is 4.28. The van der Waals surface area contributed by atoms with Crippen LogP contribution in [0.5, 0.6) is 5.75 Å². The molecule has 0 aliphatic heterocycles. The zero-order valence-corrected chi connectivity index (χ0v) is 14.9. The summed E-state index contributed by atoms with van der Waals surface area (Å²) >= 11 is 0. The van der Waals surface area contributed by atoms with E-state index in [2.05, 4.69) is 20.7 Å². The van der Waals surface area contributed by atoms with Crippen molar-refractivity contribution >= 4 is 23.3 Å². The number of carbonyl (C=O) groups excluding carboxylic acids is 2. The summed E-state index contributed by atoms with van der Waals surface area (Å²) in [5.74, 6) is -0.475. The fraction of sp³-hybridized carbons (Fsp3) is 0.0500. The smallest absolute Gasteiger partial charge is 0.362 e. The van der Waals surface area contributed by atoms with Gasteiger partial charge in [0.1, 0.15) is 5.75 Å². The highest BCUT2D eigenvalue weighted by atomic mass is 16.7. The van der Waals surface area contributed by atoms with Gasteiger partial charge in [0.05, 0.1) is 29.6 Å². The van der Waals surface area contributed by atoms with Gasteiger partial charge in [-0.05, 0) is 54.6 Å². The average Bonchev–Trinajstić information content (AvgIpc) is 2.77. The second kappa shape index (κ2) is 9.04. The largest absolute Gasteiger partial charge is 0.497 e. The van der Waals surface area contributed by atoms with E-state index in [0.717, 1.165) is 0 Å². The van der Waals surface area contributed by atoms with Crippen LogP contribution in [0.15, 0.2) is 83.3 Å². The van der Waals surface area contributed by atoms with E-state index in [9.17, 15) is 9.59 Å². The van der Waals surface area contributed by atoms with Gasteiger partial charge in [-0.1, -0.05) is 6.07 Å². The molecule has 1 amide bonds. The molecule has 2 aromatic carbocycles. The molecule has 0 saturated heterocycles. The Bertz CT molecular complexity index is 989. The minimum Gasteiger partial charge on any atom is -0.497 e. The molecule has 0 aliphatic rings. The van der Waals surface area contributed by atoms with E-state index in [1.807, 2.05) is 0 Å². The van der Waals surface area contributed by atoms with Gasteiger partial charge in [0.2, 0.25) is 0 Å². The van der Waals surface area contributed by atoms with Crippen molar-refractivity contribution in [2.75, 3.05) is 12.6 Å². The van der Waals surface area contributed by atoms with Crippen LogP contribution in [0.3, 0.4) is 0 Å². The molecule has 1 aromatic heterocycles. The summed E-state index contributed by atoms with van der Waals surface area (Å²) in [7, 11) is 1.52. The van der Waals surface area contributed by atoms with Gasteiger partial charge in [0, 0.05) is 12.4 Å². The molecule has 0 radical (unpaired) electrons. The average molecular weight is 376 g/mol. The Morgan fingerprint density at radius 1 is 1.00 bits per heavy atom. The first-order valence-corrected chi connectivity index (χ1v) is 8.23. The predicted octanol–water partition coefficient (Wildman–Crippen LogP) is 4.20. The van der Waals surface area contributed by atoms with Gasteiger partial charge in [-0.3, -0.25) is 9.78 Å². The van der Waals surface area contributed by atoms with Crippen molar-refractivity contribution < 1.29 is 19.2 Å². The number of pyridine rings is 1. The van der Waals surface area contributed by atoms with E-state index in [-0.39, 0.29) is 0 Å². The maximum Gasteiger partial charge on any atom is 0.362 e. The maximum absolute atomic E-state index is 12.0. The van der Waals surface area contributed by atoms with Crippen LogP contribution in [0.2, 0.25) is 0 Å². The lowest BCUT2D eigenvalue weighted by molar-refractivity contribution is 0.0596. The molecule has 1 N–H and O–H groups in total. The number of ether oxygens (including phenoxy) is 1. The van der Waals surface area contributed by atoms with Crippen molar-refractivity contribution in [3.8, 4) is 5.75 Å². The number of hydrogen-bond donors (Lipinski definition) is 1. The van der Waals surface area contributed by atoms with Gasteiger partial charge in [0.15, 0.2) is 0 Å². The van der Waals surface area contributed by atoms with Gasteiger partial charge in [0.25, 0.3) is 5.91 Å². The number of anilines is 1. The van der Waals surface area contributed by atoms with Crippen LogP contribution >= 0.6 is 0 Å². The molecule has 0 spiro atoms. The lowest BCUT2D eigenvalue weighted by Crippen LogP contribution is -2.10. The second-order valence-corrected chi connectivity index (χ2v) is 5.52. The Labute approximate surface area is 160 Å². The summed E-state index contributed by atoms with van der Waals surface area (Å²) in [5, 5.41) is 7.54. The number of aromatic nitrogens is 1. The molecule has 1 heterocycles. The number of methoxy groups -OCH3 is 1. The Morgan fingerprint density at radius 3 is 2.50 bits per heavy atom. The number of rotatable bonds is 6. The molecule has 0 atom stereocenters. The first-order valence-electron chi connectivity index (χ1n) is 8.23. The number of azo groups is 1. The van der Waals surface area contributed by atoms with E-state index in [1.165, 1.54) is 13.3 Å². The summed E-state index contributed by atoms with van der Waals surface area (Å²) in [6.45, 7) is 0. The molecule has 0 aliphatic carbocycles. The number of nitrogens with one attached hydrogen (secondary N) is 1. The van der Waals surface area contributed by atoms with Crippen LogP contribution in [0.25, 0.3) is 0 Å².